The molecule has 1 N–H and O–H groups in total. The van der Waals surface area contributed by atoms with E-state index < -0.39 is 23.7 Å². The molecule has 31 heavy (non-hydrogen) atoms. The second-order valence-corrected chi connectivity index (χ2v) is 6.39. The lowest BCUT2D eigenvalue weighted by molar-refractivity contribution is -0.137. The molecule has 3 rings (SSSR count). The van der Waals surface area contributed by atoms with Gasteiger partial charge in [-0.3, -0.25) is 0 Å². The molecule has 0 unspecified atom stereocenters. The predicted octanol–water partition coefficient (Wildman–Crippen LogP) is 5.46. The number of nitrogens with one attached hydrogen (secondary N) is 1. The van der Waals surface area contributed by atoms with Crippen LogP contribution in [0.1, 0.15) is 26.3 Å². The van der Waals surface area contributed by atoms with E-state index in [9.17, 15) is 22.8 Å². The van der Waals surface area contributed by atoms with Crippen LogP contribution >= 0.6 is 0 Å². The van der Waals surface area contributed by atoms with Gasteiger partial charge in [-0.2, -0.15) is 13.2 Å². The van der Waals surface area contributed by atoms with Gasteiger partial charge in [-0.25, -0.2) is 9.59 Å². The van der Waals surface area contributed by atoms with Crippen LogP contribution in [0, 0.1) is 0 Å². The third-order valence-corrected chi connectivity index (χ3v) is 4.18. The molecule has 0 heterocycles. The zero-order valence-electron chi connectivity index (χ0n) is 16.2. The molecule has 0 aromatic heterocycles. The number of halogens is 3. The van der Waals surface area contributed by atoms with Gasteiger partial charge < -0.3 is 14.8 Å². The molecule has 0 aliphatic carbocycles. The van der Waals surface area contributed by atoms with Crippen LogP contribution in [0.15, 0.2) is 78.9 Å². The van der Waals surface area contributed by atoms with Gasteiger partial charge >= 0.3 is 18.1 Å². The Morgan fingerprint density at radius 1 is 0.774 bits per heavy atom. The number of hydrogen-bond donors (Lipinski definition) is 1. The Morgan fingerprint density at radius 2 is 1.42 bits per heavy atom. The number of benzene rings is 3. The van der Waals surface area contributed by atoms with E-state index in [1.165, 1.54) is 18.2 Å². The summed E-state index contributed by atoms with van der Waals surface area (Å²) in [5.74, 6) is -1.24. The van der Waals surface area contributed by atoms with Gasteiger partial charge in [0.05, 0.1) is 22.4 Å². The number of esters is 2. The van der Waals surface area contributed by atoms with E-state index in [0.717, 1.165) is 12.1 Å². The first-order chi connectivity index (χ1) is 14.8. The first kappa shape index (κ1) is 21.9. The van der Waals surface area contributed by atoms with E-state index in [2.05, 4.69) is 5.32 Å². The smallest absolute Gasteiger partial charge is 0.416 e. The molecule has 160 valence electrons. The summed E-state index contributed by atoms with van der Waals surface area (Å²) < 4.78 is 48.9. The summed E-state index contributed by atoms with van der Waals surface area (Å²) in [6.07, 6.45) is -4.48. The molecule has 0 atom stereocenters. The minimum absolute atomic E-state index is 0.134. The van der Waals surface area contributed by atoms with Crippen molar-refractivity contribution in [1.82, 2.24) is 0 Å². The third kappa shape index (κ3) is 6.08. The summed E-state index contributed by atoms with van der Waals surface area (Å²) in [7, 11) is 0. The van der Waals surface area contributed by atoms with E-state index in [4.69, 9.17) is 9.47 Å². The molecule has 5 nitrogen and oxygen atoms in total. The van der Waals surface area contributed by atoms with Crippen LogP contribution in [0.3, 0.4) is 0 Å². The standard InChI is InChI=1S/C23H18F3NO4/c24-23(25,26)17-9-6-10-18(15-17)27-20-12-5-4-11-19(20)22(29)31-14-13-30-21(28)16-7-2-1-3-8-16/h1-12,15,27H,13-14H2. The van der Waals surface area contributed by atoms with Gasteiger partial charge in [-0.15, -0.1) is 0 Å². The van der Waals surface area contributed by atoms with Gasteiger partial charge in [0.25, 0.3) is 0 Å². The molecule has 0 spiro atoms. The highest BCUT2D eigenvalue weighted by atomic mass is 19.4. The van der Waals surface area contributed by atoms with Crippen molar-refractivity contribution >= 4 is 23.3 Å². The van der Waals surface area contributed by atoms with Crippen molar-refractivity contribution in [2.45, 2.75) is 6.18 Å². The lowest BCUT2D eigenvalue weighted by Crippen LogP contribution is -2.15. The molecular formula is C23H18F3NO4. The number of carbonyl (C=O) groups excluding carboxylic acids is 2. The normalized spacial score (nSPS) is 10.9. The van der Waals surface area contributed by atoms with Crippen molar-refractivity contribution in [2.24, 2.45) is 0 Å². The highest BCUT2D eigenvalue weighted by molar-refractivity contribution is 5.96. The Morgan fingerprint density at radius 3 is 2.13 bits per heavy atom. The van der Waals surface area contributed by atoms with Gasteiger partial charge in [0.1, 0.15) is 13.2 Å². The van der Waals surface area contributed by atoms with Gasteiger partial charge in [-0.05, 0) is 42.5 Å². The van der Waals surface area contributed by atoms with Crippen LogP contribution < -0.4 is 5.32 Å². The number of anilines is 2. The Kier molecular flexibility index (Phi) is 6.92. The summed E-state index contributed by atoms with van der Waals surface area (Å²) in [4.78, 5) is 24.3. The highest BCUT2D eigenvalue weighted by Crippen LogP contribution is 2.32. The maximum atomic E-state index is 12.9. The van der Waals surface area contributed by atoms with Crippen molar-refractivity contribution in [3.8, 4) is 0 Å². The van der Waals surface area contributed by atoms with E-state index in [1.807, 2.05) is 0 Å². The fraction of sp³-hybridized carbons (Fsp3) is 0.130. The molecule has 0 saturated carbocycles. The second kappa shape index (κ2) is 9.80. The quantitative estimate of drug-likeness (QED) is 0.399. The molecule has 3 aromatic carbocycles. The van der Waals surface area contributed by atoms with Crippen LogP contribution in [0.2, 0.25) is 0 Å². The molecule has 0 amide bonds. The summed E-state index contributed by atoms with van der Waals surface area (Å²) in [6.45, 7) is -0.308. The molecule has 3 aromatic rings. The lowest BCUT2D eigenvalue weighted by atomic mass is 10.1. The average Bonchev–Trinajstić information content (AvgIpc) is 2.77. The van der Waals surface area contributed by atoms with E-state index in [1.54, 1.807) is 48.5 Å². The van der Waals surface area contributed by atoms with Gasteiger partial charge in [-0.1, -0.05) is 36.4 Å². The predicted molar refractivity (Wildman–Crippen MR) is 108 cm³/mol. The second-order valence-electron chi connectivity index (χ2n) is 6.39. The van der Waals surface area contributed by atoms with E-state index in [0.29, 0.717) is 5.56 Å². The Bertz CT molecular complexity index is 1050. The fourth-order valence-corrected chi connectivity index (χ4v) is 2.70. The number of carbonyl (C=O) groups is 2. The number of ether oxygens (including phenoxy) is 2. The SMILES string of the molecule is O=C(OCCOC(=O)c1ccccc1Nc1cccc(C(F)(F)F)c1)c1ccccc1. The molecule has 0 saturated heterocycles. The van der Waals surface area contributed by atoms with Crippen LogP contribution in [0.5, 0.6) is 0 Å². The van der Waals surface area contributed by atoms with Crippen molar-refractivity contribution in [3.05, 3.63) is 95.6 Å². The molecular weight excluding hydrogens is 411 g/mol. The largest absolute Gasteiger partial charge is 0.458 e. The molecule has 0 bridgehead atoms. The zero-order valence-corrected chi connectivity index (χ0v) is 16.2. The number of alkyl halides is 3. The van der Waals surface area contributed by atoms with Crippen LogP contribution in [-0.4, -0.2) is 25.2 Å². The average molecular weight is 429 g/mol. The summed E-state index contributed by atoms with van der Waals surface area (Å²) in [5, 5.41) is 2.81. The van der Waals surface area contributed by atoms with Crippen LogP contribution in [-0.2, 0) is 15.7 Å². The summed E-state index contributed by atoms with van der Waals surface area (Å²) in [6, 6.07) is 19.3. The minimum atomic E-state index is -4.48. The molecule has 0 aliphatic heterocycles. The first-order valence-electron chi connectivity index (χ1n) is 9.27. The highest BCUT2D eigenvalue weighted by Gasteiger charge is 2.30. The Labute approximate surface area is 176 Å². The van der Waals surface area contributed by atoms with Gasteiger partial charge in [0.2, 0.25) is 0 Å². The molecule has 8 heteroatoms. The Balaban J connectivity index is 1.60. The molecule has 0 fully saturated rings. The third-order valence-electron chi connectivity index (χ3n) is 4.18. The lowest BCUT2D eigenvalue weighted by Gasteiger charge is -2.13. The molecule has 0 radical (unpaired) electrons. The topological polar surface area (TPSA) is 64.6 Å². The zero-order chi connectivity index (χ0) is 22.3. The molecule has 0 aliphatic rings. The summed E-state index contributed by atoms with van der Waals surface area (Å²) >= 11 is 0. The Hall–Kier alpha value is -3.81. The number of para-hydroxylation sites is 1. The number of rotatable bonds is 7. The van der Waals surface area contributed by atoms with E-state index in [-0.39, 0.29) is 30.2 Å². The van der Waals surface area contributed by atoms with Crippen LogP contribution in [0.25, 0.3) is 0 Å². The van der Waals surface area contributed by atoms with Gasteiger partial charge in [0, 0.05) is 5.69 Å². The van der Waals surface area contributed by atoms with Crippen molar-refractivity contribution < 1.29 is 32.2 Å². The monoisotopic (exact) mass is 429 g/mol. The van der Waals surface area contributed by atoms with E-state index >= 15 is 0 Å². The maximum absolute atomic E-state index is 12.9. The maximum Gasteiger partial charge on any atom is 0.416 e. The van der Waals surface area contributed by atoms with Crippen molar-refractivity contribution in [3.63, 3.8) is 0 Å². The van der Waals surface area contributed by atoms with Crippen LogP contribution in [0.4, 0.5) is 24.5 Å². The summed E-state index contributed by atoms with van der Waals surface area (Å²) in [5.41, 5.74) is 0.163. The minimum Gasteiger partial charge on any atom is -0.458 e. The number of hydrogen-bond acceptors (Lipinski definition) is 5. The van der Waals surface area contributed by atoms with Gasteiger partial charge in [0.15, 0.2) is 0 Å². The fourth-order valence-electron chi connectivity index (χ4n) is 2.70. The van der Waals surface area contributed by atoms with Crippen molar-refractivity contribution in [1.29, 1.82) is 0 Å². The van der Waals surface area contributed by atoms with Crippen molar-refractivity contribution in [2.75, 3.05) is 18.5 Å². The first-order valence-corrected chi connectivity index (χ1v) is 9.27.